The molecule has 0 radical (unpaired) electrons. The van der Waals surface area contributed by atoms with Crippen molar-refractivity contribution in [2.24, 2.45) is 5.92 Å². The number of carbonyl (C=O) groups is 2. The molecule has 0 N–H and O–H groups in total. The summed E-state index contributed by atoms with van der Waals surface area (Å²) in [6, 6.07) is 18.0. The molecule has 0 spiro atoms. The molecule has 1 fully saturated rings. The van der Waals surface area contributed by atoms with E-state index in [1.165, 1.54) is 12.1 Å². The third kappa shape index (κ3) is 5.53. The highest BCUT2D eigenvalue weighted by atomic mass is 19.1. The Labute approximate surface area is 198 Å². The minimum atomic E-state index is -0.347. The number of likely N-dealkylation sites (tertiary alicyclic amines) is 1. The number of nitriles is 1. The average molecular weight is 457 g/mol. The van der Waals surface area contributed by atoms with Crippen molar-refractivity contribution in [3.8, 4) is 6.07 Å². The zero-order chi connectivity index (χ0) is 23.9. The predicted octanol–water partition coefficient (Wildman–Crippen LogP) is 4.33. The Hall–Kier alpha value is -3.89. The predicted molar refractivity (Wildman–Crippen MR) is 127 cm³/mol. The van der Waals surface area contributed by atoms with Gasteiger partial charge in [-0.1, -0.05) is 0 Å². The molecule has 34 heavy (non-hydrogen) atoms. The van der Waals surface area contributed by atoms with Crippen LogP contribution in [0.4, 0.5) is 10.1 Å². The van der Waals surface area contributed by atoms with Crippen LogP contribution in [0.5, 0.6) is 0 Å². The van der Waals surface area contributed by atoms with E-state index >= 15 is 0 Å². The zero-order valence-electron chi connectivity index (χ0n) is 18.7. The van der Waals surface area contributed by atoms with Crippen molar-refractivity contribution in [3.63, 3.8) is 0 Å². The molecule has 1 amide bonds. The van der Waals surface area contributed by atoms with Crippen LogP contribution in [0.15, 0.2) is 73.1 Å². The normalized spacial score (nSPS) is 14.4. The first-order valence-corrected chi connectivity index (χ1v) is 11.3. The van der Waals surface area contributed by atoms with Crippen LogP contribution in [0.3, 0.4) is 0 Å². The number of hydrogen-bond acceptors (Lipinski definition) is 5. The number of aromatic nitrogens is 1. The number of carbonyl (C=O) groups excluding carboxylic acids is 2. The molecule has 1 aliphatic rings. The molecular formula is C27H25FN4O2. The average Bonchev–Trinajstić information content (AvgIpc) is 2.90. The molecule has 2 aromatic carbocycles. The molecule has 1 aliphatic heterocycles. The van der Waals surface area contributed by atoms with Gasteiger partial charge in [0.15, 0.2) is 5.78 Å². The van der Waals surface area contributed by atoms with Crippen LogP contribution in [0.1, 0.15) is 39.1 Å². The van der Waals surface area contributed by atoms with E-state index in [1.807, 2.05) is 6.07 Å². The highest BCUT2D eigenvalue weighted by Crippen LogP contribution is 2.23. The van der Waals surface area contributed by atoms with Crippen molar-refractivity contribution in [2.75, 3.05) is 31.1 Å². The van der Waals surface area contributed by atoms with E-state index < -0.39 is 0 Å². The lowest BCUT2D eigenvalue weighted by Gasteiger charge is -2.33. The summed E-state index contributed by atoms with van der Waals surface area (Å²) >= 11 is 0. The van der Waals surface area contributed by atoms with Crippen LogP contribution in [0.25, 0.3) is 0 Å². The molecule has 0 unspecified atom stereocenters. The van der Waals surface area contributed by atoms with Gasteiger partial charge in [0.2, 0.25) is 0 Å². The lowest BCUT2D eigenvalue weighted by atomic mass is 9.89. The Bertz CT molecular complexity index is 1170. The summed E-state index contributed by atoms with van der Waals surface area (Å²) in [6.07, 6.45) is 4.78. The number of hydrogen-bond donors (Lipinski definition) is 0. The number of ketones is 1. The molecule has 4 rings (SSSR count). The van der Waals surface area contributed by atoms with E-state index in [0.29, 0.717) is 35.5 Å². The number of pyridine rings is 1. The number of Topliss-reactive ketones (excluding diaryl/α,β-unsaturated/α-hetero) is 1. The monoisotopic (exact) mass is 456 g/mol. The molecule has 1 saturated heterocycles. The van der Waals surface area contributed by atoms with Crippen molar-refractivity contribution in [3.05, 3.63) is 95.6 Å². The molecule has 6 nitrogen and oxygen atoms in total. The first-order valence-electron chi connectivity index (χ1n) is 11.3. The molecule has 0 atom stereocenters. The van der Waals surface area contributed by atoms with Gasteiger partial charge in [0, 0.05) is 36.3 Å². The minimum Gasteiger partial charge on any atom is -0.306 e. The summed E-state index contributed by atoms with van der Waals surface area (Å²) < 4.78 is 13.2. The molecular weight excluding hydrogens is 431 g/mol. The molecule has 7 heteroatoms. The molecule has 0 aliphatic carbocycles. The number of amides is 1. The molecule has 172 valence electrons. The maximum Gasteiger partial charge on any atom is 0.258 e. The fourth-order valence-electron chi connectivity index (χ4n) is 4.21. The van der Waals surface area contributed by atoms with E-state index in [1.54, 1.807) is 59.8 Å². The summed E-state index contributed by atoms with van der Waals surface area (Å²) in [7, 11) is 0. The largest absolute Gasteiger partial charge is 0.306 e. The topological polar surface area (TPSA) is 77.3 Å². The number of anilines is 1. The van der Waals surface area contributed by atoms with Crippen molar-refractivity contribution in [1.82, 2.24) is 9.88 Å². The Kier molecular flexibility index (Phi) is 7.41. The van der Waals surface area contributed by atoms with Crippen molar-refractivity contribution in [2.45, 2.75) is 12.8 Å². The fourth-order valence-corrected chi connectivity index (χ4v) is 4.21. The molecule has 1 aromatic heterocycles. The number of piperidine rings is 1. The minimum absolute atomic E-state index is 0.0626. The zero-order valence-corrected chi connectivity index (χ0v) is 18.7. The first-order chi connectivity index (χ1) is 16.5. The quantitative estimate of drug-likeness (QED) is 0.495. The van der Waals surface area contributed by atoms with Crippen molar-refractivity contribution < 1.29 is 14.0 Å². The molecule has 0 bridgehead atoms. The lowest BCUT2D eigenvalue weighted by Crippen LogP contribution is -2.43. The lowest BCUT2D eigenvalue weighted by molar-refractivity contribution is 0.0841. The Balaban J connectivity index is 1.38. The maximum absolute atomic E-state index is 13.3. The third-order valence-corrected chi connectivity index (χ3v) is 6.19. The highest BCUT2D eigenvalue weighted by Gasteiger charge is 2.27. The van der Waals surface area contributed by atoms with Crippen LogP contribution in [0.2, 0.25) is 0 Å². The van der Waals surface area contributed by atoms with Crippen LogP contribution in [-0.2, 0) is 0 Å². The van der Waals surface area contributed by atoms with Gasteiger partial charge in [0.05, 0.1) is 23.5 Å². The van der Waals surface area contributed by atoms with Gasteiger partial charge < -0.3 is 9.80 Å². The van der Waals surface area contributed by atoms with Gasteiger partial charge in [0.25, 0.3) is 5.91 Å². The summed E-state index contributed by atoms with van der Waals surface area (Å²) in [5, 5.41) is 9.02. The third-order valence-electron chi connectivity index (χ3n) is 6.19. The number of benzene rings is 2. The van der Waals surface area contributed by atoms with Gasteiger partial charge >= 0.3 is 0 Å². The second-order valence-corrected chi connectivity index (χ2v) is 8.34. The van der Waals surface area contributed by atoms with E-state index in [2.05, 4.69) is 16.0 Å². The van der Waals surface area contributed by atoms with Crippen LogP contribution in [-0.4, -0.2) is 47.8 Å². The number of rotatable bonds is 7. The first kappa shape index (κ1) is 23.3. The van der Waals surface area contributed by atoms with E-state index in [4.69, 9.17) is 5.26 Å². The van der Waals surface area contributed by atoms with Gasteiger partial charge in [-0.25, -0.2) is 4.39 Å². The summed E-state index contributed by atoms with van der Waals surface area (Å²) in [6.45, 7) is 2.64. The summed E-state index contributed by atoms with van der Waals surface area (Å²) in [4.78, 5) is 34.1. The van der Waals surface area contributed by atoms with Crippen LogP contribution >= 0.6 is 0 Å². The van der Waals surface area contributed by atoms with Gasteiger partial charge in [0.1, 0.15) is 5.82 Å². The smallest absolute Gasteiger partial charge is 0.258 e. The highest BCUT2D eigenvalue weighted by molar-refractivity contribution is 6.06. The standard InChI is InChI=1S/C27H25FN4O2/c28-24-9-7-21(8-10-24)26(33)22-11-14-31(15-12-22)16-17-32(25-2-1-13-30-19-25)27(34)23-5-3-20(18-29)4-6-23/h1-10,13,19,22H,11-12,14-17H2. The summed E-state index contributed by atoms with van der Waals surface area (Å²) in [5.74, 6) is -0.511. The van der Waals surface area contributed by atoms with Crippen LogP contribution < -0.4 is 4.90 Å². The molecule has 3 aromatic rings. The Morgan fingerprint density at radius 3 is 2.32 bits per heavy atom. The Morgan fingerprint density at radius 2 is 1.71 bits per heavy atom. The number of nitrogens with zero attached hydrogens (tertiary/aromatic N) is 4. The second kappa shape index (κ2) is 10.8. The van der Waals surface area contributed by atoms with E-state index in [0.717, 1.165) is 25.9 Å². The second-order valence-electron chi connectivity index (χ2n) is 8.34. The van der Waals surface area contributed by atoms with E-state index in [9.17, 15) is 14.0 Å². The Morgan fingerprint density at radius 1 is 1.03 bits per heavy atom. The summed E-state index contributed by atoms with van der Waals surface area (Å²) in [5.41, 5.74) is 2.27. The van der Waals surface area contributed by atoms with E-state index in [-0.39, 0.29) is 23.4 Å². The molecule has 2 heterocycles. The maximum atomic E-state index is 13.3. The van der Waals surface area contributed by atoms with Gasteiger partial charge in [-0.15, -0.1) is 0 Å². The van der Waals surface area contributed by atoms with Crippen LogP contribution in [0, 0.1) is 23.1 Å². The van der Waals surface area contributed by atoms with Gasteiger partial charge in [-0.05, 0) is 86.6 Å². The van der Waals surface area contributed by atoms with Gasteiger partial charge in [-0.3, -0.25) is 14.6 Å². The fraction of sp³-hybridized carbons (Fsp3) is 0.259. The number of halogens is 1. The van der Waals surface area contributed by atoms with Crippen molar-refractivity contribution >= 4 is 17.4 Å². The molecule has 0 saturated carbocycles. The SMILES string of the molecule is N#Cc1ccc(C(=O)N(CCN2CCC(C(=O)c3ccc(F)cc3)CC2)c2cccnc2)cc1. The van der Waals surface area contributed by atoms with Gasteiger partial charge in [-0.2, -0.15) is 5.26 Å². The van der Waals surface area contributed by atoms with Crippen molar-refractivity contribution in [1.29, 1.82) is 5.26 Å².